The minimum absolute atomic E-state index is 0.0170. The van der Waals surface area contributed by atoms with Crippen LogP contribution in [-0.4, -0.2) is 118 Å². The molecule has 0 aromatic heterocycles. The lowest BCUT2D eigenvalue weighted by Gasteiger charge is -2.39. The van der Waals surface area contributed by atoms with Gasteiger partial charge in [0, 0.05) is 26.1 Å². The summed E-state index contributed by atoms with van der Waals surface area (Å²) in [5.41, 5.74) is 2.46. The van der Waals surface area contributed by atoms with Gasteiger partial charge >= 0.3 is 5.97 Å². The van der Waals surface area contributed by atoms with E-state index in [9.17, 15) is 38.0 Å². The van der Waals surface area contributed by atoms with Crippen molar-refractivity contribution in [2.75, 3.05) is 19.6 Å². The maximum atomic E-state index is 14.8. The number of ether oxygens (including phenoxy) is 1. The fraction of sp³-hybridized carbons (Fsp3) is 0.558. The molecular weight excluding hydrogens is 748 g/mol. The normalized spacial score (nSPS) is 27.6. The van der Waals surface area contributed by atoms with Crippen molar-refractivity contribution in [3.05, 3.63) is 70.5 Å². The van der Waals surface area contributed by atoms with E-state index in [4.69, 9.17) is 4.74 Å². The summed E-state index contributed by atoms with van der Waals surface area (Å²) in [6, 6.07) is 5.33. The van der Waals surface area contributed by atoms with Crippen LogP contribution in [-0.2, 0) is 51.1 Å². The fourth-order valence-electron chi connectivity index (χ4n) is 8.72. The minimum Gasteiger partial charge on any atom is -0.458 e. The van der Waals surface area contributed by atoms with Crippen LogP contribution in [0.25, 0.3) is 0 Å². The molecule has 4 aliphatic rings. The third-order valence-corrected chi connectivity index (χ3v) is 11.8. The summed E-state index contributed by atoms with van der Waals surface area (Å²) in [6.07, 6.45) is 1.21. The number of aryl methyl sites for hydroxylation is 2. The number of cyclic esters (lactones) is 1. The number of esters is 1. The zero-order chi connectivity index (χ0) is 41.8. The molecule has 312 valence electrons. The zero-order valence-corrected chi connectivity index (χ0v) is 33.9. The second-order valence-corrected chi connectivity index (χ2v) is 16.5. The molecule has 4 heterocycles. The van der Waals surface area contributed by atoms with Gasteiger partial charge in [-0.1, -0.05) is 48.9 Å². The predicted molar refractivity (Wildman–Crippen MR) is 210 cm³/mol. The molecule has 2 aromatic rings. The van der Waals surface area contributed by atoms with Gasteiger partial charge in [-0.25, -0.2) is 9.18 Å². The second-order valence-electron chi connectivity index (χ2n) is 16.5. The largest absolute Gasteiger partial charge is 0.458 e. The van der Waals surface area contributed by atoms with Crippen LogP contribution in [0.15, 0.2) is 42.5 Å². The quantitative estimate of drug-likeness (QED) is 0.358. The molecule has 15 heteroatoms. The van der Waals surface area contributed by atoms with Crippen LogP contribution in [0.4, 0.5) is 4.39 Å². The Bertz CT molecular complexity index is 1940. The Labute approximate surface area is 338 Å². The van der Waals surface area contributed by atoms with Crippen molar-refractivity contribution in [2.24, 2.45) is 5.92 Å². The van der Waals surface area contributed by atoms with Crippen LogP contribution in [0, 0.1) is 25.6 Å². The summed E-state index contributed by atoms with van der Waals surface area (Å²) in [5.74, 6) is -4.82. The highest BCUT2D eigenvalue weighted by atomic mass is 19.1. The first-order valence-electron chi connectivity index (χ1n) is 20.4. The van der Waals surface area contributed by atoms with Gasteiger partial charge in [0.15, 0.2) is 0 Å². The molecule has 0 bridgehead atoms. The number of hydrogen-bond donors (Lipinski definition) is 3. The predicted octanol–water partition coefficient (Wildman–Crippen LogP) is 2.26. The lowest BCUT2D eigenvalue weighted by atomic mass is 9.99. The van der Waals surface area contributed by atoms with Gasteiger partial charge in [0.05, 0.1) is 6.42 Å². The zero-order valence-electron chi connectivity index (χ0n) is 33.9. The maximum absolute atomic E-state index is 14.8. The number of halogens is 1. The van der Waals surface area contributed by atoms with Gasteiger partial charge in [0.25, 0.3) is 0 Å². The van der Waals surface area contributed by atoms with E-state index in [0.29, 0.717) is 49.8 Å². The van der Waals surface area contributed by atoms with Crippen LogP contribution in [0.3, 0.4) is 0 Å². The topological polar surface area (TPSA) is 175 Å². The van der Waals surface area contributed by atoms with E-state index in [0.717, 1.165) is 5.56 Å². The van der Waals surface area contributed by atoms with E-state index >= 15 is 0 Å². The van der Waals surface area contributed by atoms with Crippen molar-refractivity contribution in [3.63, 3.8) is 0 Å². The monoisotopic (exact) mass is 802 g/mol. The molecule has 0 spiro atoms. The minimum atomic E-state index is -1.51. The summed E-state index contributed by atoms with van der Waals surface area (Å²) in [6.45, 7) is 9.25. The lowest BCUT2D eigenvalue weighted by molar-refractivity contribution is -0.163. The maximum Gasteiger partial charge on any atom is 0.329 e. The molecular formula is C43H55FN6O8. The van der Waals surface area contributed by atoms with Gasteiger partial charge in [-0.05, 0) is 94.9 Å². The van der Waals surface area contributed by atoms with Crippen LogP contribution in [0.5, 0.6) is 0 Å². The van der Waals surface area contributed by atoms with Gasteiger partial charge < -0.3 is 35.4 Å². The SMILES string of the molecule is Cc1cccc(C[C@H](NC(=O)Cc2ccc(C)cc2F)C(=O)N[C@@H]2C(=O)N3CCC[C@H]3C(=O)N3CCCC[C@H]3C(=O)N[C@@H](C)C(=O)N3C[C@H](C)C[C@H]3C(=O)O[C@H]2C)c1. The molecule has 0 unspecified atom stereocenters. The Kier molecular flexibility index (Phi) is 13.2. The highest BCUT2D eigenvalue weighted by molar-refractivity contribution is 5.98. The number of carbonyl (C=O) groups excluding carboxylic acids is 7. The van der Waals surface area contributed by atoms with E-state index < -0.39 is 89.6 Å². The molecule has 58 heavy (non-hydrogen) atoms. The third kappa shape index (κ3) is 9.50. The highest BCUT2D eigenvalue weighted by Crippen LogP contribution is 2.29. The van der Waals surface area contributed by atoms with Gasteiger partial charge in [-0.15, -0.1) is 0 Å². The Balaban J connectivity index is 1.33. The van der Waals surface area contributed by atoms with E-state index in [1.165, 1.54) is 33.8 Å². The molecule has 0 aliphatic carbocycles. The Morgan fingerprint density at radius 1 is 0.845 bits per heavy atom. The molecule has 2 aromatic carbocycles. The first-order valence-corrected chi connectivity index (χ1v) is 20.4. The molecule has 6 amide bonds. The number of nitrogens with zero attached hydrogens (tertiary/aromatic N) is 3. The molecule has 0 radical (unpaired) electrons. The van der Waals surface area contributed by atoms with Crippen LogP contribution in [0.2, 0.25) is 0 Å². The second kappa shape index (κ2) is 18.1. The number of nitrogens with one attached hydrogen (secondary N) is 3. The van der Waals surface area contributed by atoms with Crippen molar-refractivity contribution >= 4 is 41.4 Å². The summed E-state index contributed by atoms with van der Waals surface area (Å²) < 4.78 is 20.7. The molecule has 4 saturated heterocycles. The Hall–Kier alpha value is -5.34. The Morgan fingerprint density at radius 3 is 2.29 bits per heavy atom. The summed E-state index contributed by atoms with van der Waals surface area (Å²) in [4.78, 5) is 103. The fourth-order valence-corrected chi connectivity index (χ4v) is 8.72. The molecule has 4 fully saturated rings. The molecule has 0 saturated carbocycles. The van der Waals surface area contributed by atoms with E-state index in [1.54, 1.807) is 26.0 Å². The number of amides is 6. The number of rotatable bonds is 7. The van der Waals surface area contributed by atoms with Crippen LogP contribution >= 0.6 is 0 Å². The van der Waals surface area contributed by atoms with E-state index in [1.807, 2.05) is 32.0 Å². The number of piperidine rings is 1. The van der Waals surface area contributed by atoms with E-state index in [-0.39, 0.29) is 43.8 Å². The highest BCUT2D eigenvalue weighted by Gasteiger charge is 2.47. The van der Waals surface area contributed by atoms with Gasteiger partial charge in [-0.2, -0.15) is 0 Å². The lowest BCUT2D eigenvalue weighted by Crippen LogP contribution is -2.63. The third-order valence-electron chi connectivity index (χ3n) is 11.8. The standard InChI is InChI=1S/C43H55FN6O8/c1-24-10-8-11-29(18-24)21-32(46-36(51)22-30-15-14-25(2)19-31(30)44)38(52)47-37-28(5)58-43(57)35-20-26(3)23-50(35)40(54)27(4)45-39(53)33-12-6-7-16-48(33)41(55)34-13-9-17-49(34)42(37)56/h8,10-11,14-15,18-19,26-28,32-35,37H,6-7,9,12-13,16-17,20-23H2,1-5H3,(H,45,53)(H,46,51)(H,47,52)/t26-,27+,28+,32+,33+,34+,35+,37+/m1/s1. The molecule has 4 aliphatic heterocycles. The van der Waals surface area contributed by atoms with Crippen molar-refractivity contribution in [1.29, 1.82) is 0 Å². The van der Waals surface area contributed by atoms with Crippen molar-refractivity contribution in [3.8, 4) is 0 Å². The summed E-state index contributed by atoms with van der Waals surface area (Å²) >= 11 is 0. The average Bonchev–Trinajstić information content (AvgIpc) is 3.84. The van der Waals surface area contributed by atoms with E-state index in [2.05, 4.69) is 16.0 Å². The van der Waals surface area contributed by atoms with Crippen LogP contribution < -0.4 is 16.0 Å². The first kappa shape index (κ1) is 42.3. The van der Waals surface area contributed by atoms with Gasteiger partial charge in [-0.3, -0.25) is 28.8 Å². The molecule has 6 rings (SSSR count). The van der Waals surface area contributed by atoms with Gasteiger partial charge in [0.2, 0.25) is 35.4 Å². The number of benzene rings is 2. The number of hydrogen-bond acceptors (Lipinski definition) is 8. The van der Waals surface area contributed by atoms with Crippen LogP contribution in [0.1, 0.15) is 81.5 Å². The molecule has 3 N–H and O–H groups in total. The summed E-state index contributed by atoms with van der Waals surface area (Å²) in [5, 5.41) is 8.30. The van der Waals surface area contributed by atoms with Crippen molar-refractivity contribution in [2.45, 2.75) is 128 Å². The summed E-state index contributed by atoms with van der Waals surface area (Å²) in [7, 11) is 0. The first-order chi connectivity index (χ1) is 27.6. The Morgan fingerprint density at radius 2 is 1.55 bits per heavy atom. The number of carbonyl (C=O) groups is 7. The average molecular weight is 803 g/mol. The molecule has 8 atom stereocenters. The molecule has 14 nitrogen and oxygen atoms in total. The number of fused-ring (bicyclic) bond motifs is 3. The van der Waals surface area contributed by atoms with Crippen molar-refractivity contribution in [1.82, 2.24) is 30.7 Å². The van der Waals surface area contributed by atoms with Crippen molar-refractivity contribution < 1.29 is 42.7 Å². The smallest absolute Gasteiger partial charge is 0.329 e. The van der Waals surface area contributed by atoms with Gasteiger partial charge in [0.1, 0.15) is 48.2 Å².